The first-order chi connectivity index (χ1) is 15.5. The van der Waals surface area contributed by atoms with Crippen molar-refractivity contribution < 1.29 is 18.7 Å². The van der Waals surface area contributed by atoms with E-state index in [9.17, 15) is 14.9 Å². The van der Waals surface area contributed by atoms with Crippen molar-refractivity contribution in [3.8, 4) is 6.07 Å². The molecule has 1 aromatic carbocycles. The van der Waals surface area contributed by atoms with E-state index >= 15 is 0 Å². The van der Waals surface area contributed by atoms with E-state index in [2.05, 4.69) is 6.92 Å². The minimum Gasteiger partial charge on any atom is -0.458 e. The van der Waals surface area contributed by atoms with Crippen LogP contribution in [0.5, 0.6) is 0 Å². The van der Waals surface area contributed by atoms with Crippen LogP contribution in [0, 0.1) is 11.3 Å². The molecule has 0 saturated carbocycles. The van der Waals surface area contributed by atoms with Crippen LogP contribution in [0.3, 0.4) is 0 Å². The summed E-state index contributed by atoms with van der Waals surface area (Å²) < 4.78 is 11.2. The van der Waals surface area contributed by atoms with Crippen molar-refractivity contribution in [3.05, 3.63) is 36.1 Å². The summed E-state index contributed by atoms with van der Waals surface area (Å²) in [6.45, 7) is 3.87. The molecule has 1 aliphatic heterocycles. The minimum absolute atomic E-state index is 0.266. The van der Waals surface area contributed by atoms with Crippen LogP contribution >= 0.6 is 0 Å². The Bertz CT molecular complexity index is 927. The molecule has 1 aliphatic rings. The molecule has 32 heavy (non-hydrogen) atoms. The highest BCUT2D eigenvalue weighted by atomic mass is 16.6. The fourth-order valence-electron chi connectivity index (χ4n) is 4.34. The molecule has 1 aromatic heterocycles. The predicted molar refractivity (Wildman–Crippen MR) is 123 cm³/mol. The monoisotopic (exact) mass is 438 g/mol. The summed E-state index contributed by atoms with van der Waals surface area (Å²) >= 11 is 0. The van der Waals surface area contributed by atoms with Crippen LogP contribution in [0.4, 0.5) is 4.79 Å². The SMILES string of the molecule is CCCCCCCCCCCCC1(C)OC(=O)N(C(C#N)c2cc3ccccc3o2)C1=O. The van der Waals surface area contributed by atoms with E-state index in [1.807, 2.05) is 24.3 Å². The van der Waals surface area contributed by atoms with Gasteiger partial charge in [0.2, 0.25) is 0 Å². The number of unbranched alkanes of at least 4 members (excludes halogenated alkanes) is 9. The van der Waals surface area contributed by atoms with Crippen LogP contribution in [0.15, 0.2) is 34.7 Å². The molecule has 2 heterocycles. The number of nitrogens with zero attached hydrogens (tertiary/aromatic N) is 2. The predicted octanol–water partition coefficient (Wildman–Crippen LogP) is 7.05. The number of carbonyl (C=O) groups excluding carboxylic acids is 2. The van der Waals surface area contributed by atoms with Gasteiger partial charge < -0.3 is 9.15 Å². The van der Waals surface area contributed by atoms with Crippen molar-refractivity contribution in [1.29, 1.82) is 5.26 Å². The quantitative estimate of drug-likeness (QED) is 0.313. The molecule has 2 amide bonds. The number of para-hydroxylation sites is 1. The molecule has 1 saturated heterocycles. The van der Waals surface area contributed by atoms with E-state index in [-0.39, 0.29) is 5.76 Å². The van der Waals surface area contributed by atoms with Crippen LogP contribution in [0.2, 0.25) is 0 Å². The number of benzene rings is 1. The molecular weight excluding hydrogens is 404 g/mol. The average Bonchev–Trinajstić information content (AvgIpc) is 3.30. The Morgan fingerprint density at radius 1 is 1.00 bits per heavy atom. The second kappa shape index (κ2) is 11.2. The lowest BCUT2D eigenvalue weighted by atomic mass is 9.96. The summed E-state index contributed by atoms with van der Waals surface area (Å²) in [6.07, 6.45) is 11.6. The van der Waals surface area contributed by atoms with Gasteiger partial charge in [-0.3, -0.25) is 4.79 Å². The minimum atomic E-state index is -1.22. The van der Waals surface area contributed by atoms with E-state index in [1.54, 1.807) is 19.1 Å². The third kappa shape index (κ3) is 5.51. The molecular formula is C26H34N2O4. The summed E-state index contributed by atoms with van der Waals surface area (Å²) in [7, 11) is 0. The Morgan fingerprint density at radius 3 is 2.25 bits per heavy atom. The van der Waals surface area contributed by atoms with Gasteiger partial charge in [-0.1, -0.05) is 82.9 Å². The fourth-order valence-corrected chi connectivity index (χ4v) is 4.34. The largest absolute Gasteiger partial charge is 0.458 e. The van der Waals surface area contributed by atoms with Gasteiger partial charge in [-0.2, -0.15) is 5.26 Å². The number of hydrogen-bond donors (Lipinski definition) is 0. The number of cyclic esters (lactones) is 1. The van der Waals surface area contributed by atoms with Crippen molar-refractivity contribution in [1.82, 2.24) is 4.90 Å². The molecule has 0 bridgehead atoms. The van der Waals surface area contributed by atoms with E-state index < -0.39 is 23.6 Å². The zero-order valence-corrected chi connectivity index (χ0v) is 19.3. The van der Waals surface area contributed by atoms with Gasteiger partial charge in [0.15, 0.2) is 11.6 Å². The lowest BCUT2D eigenvalue weighted by Crippen LogP contribution is -2.40. The van der Waals surface area contributed by atoms with Crippen LogP contribution in [0.25, 0.3) is 11.0 Å². The third-order valence-corrected chi connectivity index (χ3v) is 6.28. The topological polar surface area (TPSA) is 83.5 Å². The zero-order valence-electron chi connectivity index (χ0n) is 19.3. The second-order valence-corrected chi connectivity index (χ2v) is 8.92. The molecule has 0 radical (unpaired) electrons. The normalized spacial score (nSPS) is 19.3. The Kier molecular flexibility index (Phi) is 8.33. The van der Waals surface area contributed by atoms with Gasteiger partial charge in [-0.15, -0.1) is 0 Å². The van der Waals surface area contributed by atoms with Crippen LogP contribution in [-0.4, -0.2) is 22.5 Å². The molecule has 6 nitrogen and oxygen atoms in total. The van der Waals surface area contributed by atoms with Gasteiger partial charge in [-0.05, 0) is 31.9 Å². The fraction of sp³-hybridized carbons (Fsp3) is 0.577. The number of amides is 2. The number of ether oxygens (including phenoxy) is 1. The number of rotatable bonds is 13. The van der Waals surface area contributed by atoms with Crippen LogP contribution < -0.4 is 0 Å². The lowest BCUT2D eigenvalue weighted by Gasteiger charge is -2.20. The van der Waals surface area contributed by atoms with Crippen molar-refractivity contribution >= 4 is 23.0 Å². The molecule has 0 spiro atoms. The van der Waals surface area contributed by atoms with E-state index in [4.69, 9.17) is 9.15 Å². The van der Waals surface area contributed by atoms with Gasteiger partial charge in [0, 0.05) is 5.39 Å². The van der Waals surface area contributed by atoms with Gasteiger partial charge in [-0.25, -0.2) is 9.69 Å². The van der Waals surface area contributed by atoms with Gasteiger partial charge >= 0.3 is 6.09 Å². The lowest BCUT2D eigenvalue weighted by molar-refractivity contribution is -0.137. The summed E-state index contributed by atoms with van der Waals surface area (Å²) in [6, 6.07) is 9.93. The molecule has 1 fully saturated rings. The molecule has 0 N–H and O–H groups in total. The number of hydrogen-bond acceptors (Lipinski definition) is 5. The zero-order chi connectivity index (χ0) is 23.0. The van der Waals surface area contributed by atoms with Gasteiger partial charge in [0.25, 0.3) is 5.91 Å². The van der Waals surface area contributed by atoms with Gasteiger partial charge in [0.05, 0.1) is 6.07 Å². The summed E-state index contributed by atoms with van der Waals surface area (Å²) in [5.41, 5.74) is -0.617. The number of nitriles is 1. The Hall–Kier alpha value is -2.81. The van der Waals surface area contributed by atoms with E-state index in [0.717, 1.165) is 29.5 Å². The van der Waals surface area contributed by atoms with Crippen LogP contribution in [0.1, 0.15) is 96.3 Å². The summed E-state index contributed by atoms with van der Waals surface area (Å²) in [4.78, 5) is 26.6. The van der Waals surface area contributed by atoms with Crippen molar-refractivity contribution in [2.75, 3.05) is 0 Å². The summed E-state index contributed by atoms with van der Waals surface area (Å²) in [5.74, 6) is -0.201. The van der Waals surface area contributed by atoms with Crippen LogP contribution in [-0.2, 0) is 9.53 Å². The maximum Gasteiger partial charge on any atom is 0.419 e. The highest BCUT2D eigenvalue weighted by molar-refractivity contribution is 6.03. The third-order valence-electron chi connectivity index (χ3n) is 6.28. The first-order valence-electron chi connectivity index (χ1n) is 11.9. The van der Waals surface area contributed by atoms with Gasteiger partial charge in [0.1, 0.15) is 11.3 Å². The van der Waals surface area contributed by atoms with Crippen molar-refractivity contribution in [2.45, 2.75) is 96.1 Å². The molecule has 2 aromatic rings. The summed E-state index contributed by atoms with van der Waals surface area (Å²) in [5, 5.41) is 10.5. The Labute approximate surface area is 190 Å². The molecule has 2 atom stereocenters. The maximum absolute atomic E-state index is 13.1. The number of carbonyl (C=O) groups is 2. The molecule has 3 rings (SSSR count). The highest BCUT2D eigenvalue weighted by Crippen LogP contribution is 2.36. The van der Waals surface area contributed by atoms with E-state index in [0.29, 0.717) is 12.0 Å². The number of imide groups is 1. The van der Waals surface area contributed by atoms with E-state index in [1.165, 1.54) is 44.9 Å². The number of furan rings is 1. The maximum atomic E-state index is 13.1. The molecule has 6 heteroatoms. The Balaban J connectivity index is 1.51. The molecule has 172 valence electrons. The molecule has 2 unspecified atom stereocenters. The second-order valence-electron chi connectivity index (χ2n) is 8.92. The highest BCUT2D eigenvalue weighted by Gasteiger charge is 2.53. The molecule has 0 aliphatic carbocycles. The smallest absolute Gasteiger partial charge is 0.419 e. The first-order valence-corrected chi connectivity index (χ1v) is 11.9. The average molecular weight is 439 g/mol. The Morgan fingerprint density at radius 2 is 1.62 bits per heavy atom. The van der Waals surface area contributed by atoms with Crippen molar-refractivity contribution in [3.63, 3.8) is 0 Å². The first kappa shape index (κ1) is 23.8. The number of fused-ring (bicyclic) bond motifs is 1. The standard InChI is InChI=1S/C26H34N2O4/c1-3-4-5-6-7-8-9-10-11-14-17-26(2)24(29)28(25(30)32-26)21(19-27)23-18-20-15-12-13-16-22(20)31-23/h12-13,15-16,18,21H,3-11,14,17H2,1-2H3. The van der Waals surface area contributed by atoms with Crippen molar-refractivity contribution in [2.24, 2.45) is 0 Å².